The Morgan fingerprint density at radius 1 is 0.737 bits per heavy atom. The molecular formula is C31H29N5O2. The smallest absolute Gasteiger partial charge is 0.255 e. The topological polar surface area (TPSA) is 99.2 Å². The van der Waals surface area contributed by atoms with Gasteiger partial charge in [-0.25, -0.2) is 9.97 Å². The number of carbonyl (C=O) groups excluding carboxylic acids is 1. The summed E-state index contributed by atoms with van der Waals surface area (Å²) in [6.07, 6.45) is 0.858. The van der Waals surface area contributed by atoms with Crippen LogP contribution in [0.15, 0.2) is 103 Å². The maximum Gasteiger partial charge on any atom is 0.255 e. The van der Waals surface area contributed by atoms with E-state index in [1.165, 1.54) is 0 Å². The summed E-state index contributed by atoms with van der Waals surface area (Å²) in [5.74, 6) is 0.314. The van der Waals surface area contributed by atoms with Gasteiger partial charge in [0.15, 0.2) is 0 Å². The molecule has 0 unspecified atom stereocenters. The number of hydrogen-bond donors (Lipinski definition) is 4. The number of benzene rings is 4. The van der Waals surface area contributed by atoms with Crippen LogP contribution in [0.1, 0.15) is 15.9 Å². The maximum atomic E-state index is 12.8. The highest BCUT2D eigenvalue weighted by Gasteiger charge is 2.11. The zero-order chi connectivity index (χ0) is 26.2. The first-order valence-electron chi connectivity index (χ1n) is 12.6. The molecule has 0 aliphatic carbocycles. The summed E-state index contributed by atoms with van der Waals surface area (Å²) in [7, 11) is 0. The third-order valence-corrected chi connectivity index (χ3v) is 6.14. The minimum atomic E-state index is -0.178. The van der Waals surface area contributed by atoms with Gasteiger partial charge in [0, 0.05) is 34.4 Å². The lowest BCUT2D eigenvalue weighted by Gasteiger charge is -2.11. The number of para-hydroxylation sites is 1. The van der Waals surface area contributed by atoms with Crippen LogP contribution in [0.2, 0.25) is 0 Å². The van der Waals surface area contributed by atoms with Crippen molar-refractivity contribution in [1.82, 2.24) is 15.3 Å². The first-order valence-corrected chi connectivity index (χ1v) is 12.6. The van der Waals surface area contributed by atoms with Crippen molar-refractivity contribution in [3.63, 3.8) is 0 Å². The van der Waals surface area contributed by atoms with E-state index in [2.05, 4.69) is 20.9 Å². The van der Waals surface area contributed by atoms with Gasteiger partial charge in [-0.1, -0.05) is 60.7 Å². The summed E-state index contributed by atoms with van der Waals surface area (Å²) < 4.78 is 0. The van der Waals surface area contributed by atoms with Gasteiger partial charge in [-0.2, -0.15) is 0 Å². The van der Waals surface area contributed by atoms with E-state index in [1.807, 2.05) is 91.0 Å². The number of aliphatic hydroxyl groups is 1. The van der Waals surface area contributed by atoms with E-state index in [9.17, 15) is 4.79 Å². The van der Waals surface area contributed by atoms with Crippen LogP contribution in [0.25, 0.3) is 22.2 Å². The second-order valence-corrected chi connectivity index (χ2v) is 8.86. The van der Waals surface area contributed by atoms with Crippen molar-refractivity contribution in [2.45, 2.75) is 6.42 Å². The molecule has 0 aliphatic heterocycles. The van der Waals surface area contributed by atoms with Crippen LogP contribution in [-0.4, -0.2) is 40.7 Å². The Morgan fingerprint density at radius 2 is 1.45 bits per heavy atom. The minimum Gasteiger partial charge on any atom is -0.395 e. The van der Waals surface area contributed by atoms with Crippen LogP contribution in [0, 0.1) is 0 Å². The van der Waals surface area contributed by atoms with Crippen LogP contribution in [0.3, 0.4) is 0 Å². The summed E-state index contributed by atoms with van der Waals surface area (Å²) in [5.41, 5.74) is 5.98. The number of rotatable bonds is 10. The van der Waals surface area contributed by atoms with Gasteiger partial charge in [0.05, 0.1) is 17.8 Å². The quantitative estimate of drug-likeness (QED) is 0.190. The van der Waals surface area contributed by atoms with Crippen LogP contribution in [-0.2, 0) is 6.42 Å². The fourth-order valence-electron chi connectivity index (χ4n) is 4.18. The van der Waals surface area contributed by atoms with Crippen LogP contribution in [0.4, 0.5) is 17.3 Å². The summed E-state index contributed by atoms with van der Waals surface area (Å²) in [4.78, 5) is 22.3. The third kappa shape index (κ3) is 6.21. The molecule has 1 aromatic heterocycles. The highest BCUT2D eigenvalue weighted by molar-refractivity contribution is 6.04. The molecule has 7 nitrogen and oxygen atoms in total. The Kier molecular flexibility index (Phi) is 7.98. The molecule has 0 spiro atoms. The Balaban J connectivity index is 1.26. The van der Waals surface area contributed by atoms with E-state index < -0.39 is 0 Å². The zero-order valence-electron chi connectivity index (χ0n) is 20.9. The highest BCUT2D eigenvalue weighted by atomic mass is 16.3. The van der Waals surface area contributed by atoms with Gasteiger partial charge < -0.3 is 21.1 Å². The first kappa shape index (κ1) is 25.1. The fourth-order valence-corrected chi connectivity index (χ4v) is 4.18. The Labute approximate surface area is 221 Å². The molecule has 0 aliphatic rings. The predicted octanol–water partition coefficient (Wildman–Crippen LogP) is 5.42. The van der Waals surface area contributed by atoms with E-state index in [0.717, 1.165) is 52.1 Å². The van der Waals surface area contributed by atoms with Crippen molar-refractivity contribution in [2.75, 3.05) is 30.3 Å². The molecule has 1 heterocycles. The molecule has 190 valence electrons. The largest absolute Gasteiger partial charge is 0.395 e. The Bertz CT molecular complexity index is 1500. The summed E-state index contributed by atoms with van der Waals surface area (Å²) >= 11 is 0. The third-order valence-electron chi connectivity index (χ3n) is 6.14. The summed E-state index contributed by atoms with van der Waals surface area (Å²) in [6, 6.07) is 33.0. The van der Waals surface area contributed by atoms with E-state index >= 15 is 0 Å². The van der Waals surface area contributed by atoms with Crippen LogP contribution >= 0.6 is 0 Å². The summed E-state index contributed by atoms with van der Waals surface area (Å²) in [6.45, 7) is 1.52. The first-order chi connectivity index (χ1) is 18.7. The van der Waals surface area contributed by atoms with E-state index in [-0.39, 0.29) is 12.5 Å². The van der Waals surface area contributed by atoms with Crippen molar-refractivity contribution >= 4 is 34.1 Å². The van der Waals surface area contributed by atoms with E-state index in [0.29, 0.717) is 18.1 Å². The maximum absolute atomic E-state index is 12.8. The lowest BCUT2D eigenvalue weighted by atomic mass is 10.1. The van der Waals surface area contributed by atoms with Crippen molar-refractivity contribution in [3.8, 4) is 11.3 Å². The Morgan fingerprint density at radius 3 is 2.21 bits per heavy atom. The van der Waals surface area contributed by atoms with Gasteiger partial charge in [-0.05, 0) is 61.0 Å². The highest BCUT2D eigenvalue weighted by Crippen LogP contribution is 2.28. The average molecular weight is 504 g/mol. The SMILES string of the molecule is O=C(Nc1ccc(CCNCCO)cc1)c1ccc(Nc2nc(-c3ccccc3)c3ccccc3n2)cc1. The average Bonchev–Trinajstić information content (AvgIpc) is 2.96. The lowest BCUT2D eigenvalue weighted by molar-refractivity contribution is 0.102. The van der Waals surface area contributed by atoms with Crippen LogP contribution < -0.4 is 16.0 Å². The number of nitrogens with zero attached hydrogens (tertiary/aromatic N) is 2. The molecule has 5 aromatic rings. The number of nitrogens with one attached hydrogen (secondary N) is 3. The molecule has 7 heteroatoms. The molecule has 0 fully saturated rings. The number of aromatic nitrogens is 2. The molecule has 0 saturated carbocycles. The van der Waals surface area contributed by atoms with Gasteiger partial charge in [0.25, 0.3) is 5.91 Å². The molecule has 0 atom stereocenters. The molecule has 4 aromatic carbocycles. The van der Waals surface area contributed by atoms with Gasteiger partial charge in [0.1, 0.15) is 0 Å². The Hall–Kier alpha value is -4.59. The van der Waals surface area contributed by atoms with E-state index in [4.69, 9.17) is 10.1 Å². The summed E-state index contributed by atoms with van der Waals surface area (Å²) in [5, 5.41) is 19.2. The second-order valence-electron chi connectivity index (χ2n) is 8.86. The molecular weight excluding hydrogens is 474 g/mol. The number of hydrogen-bond acceptors (Lipinski definition) is 6. The molecule has 1 amide bonds. The van der Waals surface area contributed by atoms with Crippen molar-refractivity contribution in [2.24, 2.45) is 0 Å². The number of fused-ring (bicyclic) bond motifs is 1. The van der Waals surface area contributed by atoms with Gasteiger partial charge in [-0.3, -0.25) is 4.79 Å². The zero-order valence-corrected chi connectivity index (χ0v) is 20.9. The van der Waals surface area contributed by atoms with Gasteiger partial charge >= 0.3 is 0 Å². The molecule has 0 saturated heterocycles. The fraction of sp³-hybridized carbons (Fsp3) is 0.129. The van der Waals surface area contributed by atoms with Gasteiger partial charge in [-0.15, -0.1) is 0 Å². The predicted molar refractivity (Wildman–Crippen MR) is 153 cm³/mol. The number of anilines is 3. The van der Waals surface area contributed by atoms with Crippen molar-refractivity contribution in [3.05, 3.63) is 114 Å². The lowest BCUT2D eigenvalue weighted by Crippen LogP contribution is -2.20. The monoisotopic (exact) mass is 503 g/mol. The van der Waals surface area contributed by atoms with Crippen LogP contribution in [0.5, 0.6) is 0 Å². The molecule has 0 bridgehead atoms. The normalized spacial score (nSPS) is 10.9. The molecule has 5 rings (SSSR count). The van der Waals surface area contributed by atoms with Crippen molar-refractivity contribution in [1.29, 1.82) is 0 Å². The molecule has 0 radical (unpaired) electrons. The number of aliphatic hydroxyl groups excluding tert-OH is 1. The number of amides is 1. The van der Waals surface area contributed by atoms with E-state index in [1.54, 1.807) is 12.1 Å². The minimum absolute atomic E-state index is 0.133. The van der Waals surface area contributed by atoms with Gasteiger partial charge in [0.2, 0.25) is 5.95 Å². The van der Waals surface area contributed by atoms with Crippen molar-refractivity contribution < 1.29 is 9.90 Å². The molecule has 4 N–H and O–H groups in total. The standard InChI is InChI=1S/C31H29N5O2/c37-21-20-32-19-18-22-10-14-25(15-11-22)33-30(38)24-12-16-26(17-13-24)34-31-35-28-9-5-4-8-27(28)29(36-31)23-6-2-1-3-7-23/h1-17,32,37H,18-21H2,(H,33,38)(H,34,35,36). The second kappa shape index (κ2) is 12.1. The number of carbonyl (C=O) groups is 1. The molecule has 38 heavy (non-hydrogen) atoms.